The summed E-state index contributed by atoms with van der Waals surface area (Å²) in [4.78, 5) is 5.83. The highest BCUT2D eigenvalue weighted by Gasteiger charge is 2.27. The fourth-order valence-electron chi connectivity index (χ4n) is 3.71. The van der Waals surface area contributed by atoms with E-state index < -0.39 is 0 Å². The van der Waals surface area contributed by atoms with Crippen molar-refractivity contribution in [2.75, 3.05) is 0 Å². The monoisotopic (exact) mass is 423 g/mol. The van der Waals surface area contributed by atoms with E-state index >= 15 is 0 Å². The lowest BCUT2D eigenvalue weighted by Gasteiger charge is -2.10. The van der Waals surface area contributed by atoms with E-state index in [2.05, 4.69) is 41.7 Å². The van der Waals surface area contributed by atoms with Crippen LogP contribution >= 0.6 is 11.3 Å². The maximum Gasteiger partial charge on any atom is 0.192 e. The molecule has 0 unspecified atom stereocenters. The minimum atomic E-state index is -0.212. The minimum Gasteiger partial charge on any atom is -0.388 e. The lowest BCUT2D eigenvalue weighted by atomic mass is 9.97. The first-order chi connectivity index (χ1) is 15.1. The van der Waals surface area contributed by atoms with Crippen LogP contribution in [0.4, 0.5) is 0 Å². The maximum absolute atomic E-state index is 9.73. The van der Waals surface area contributed by atoms with Crippen LogP contribution < -0.4 is 0 Å². The number of nitrogens with zero attached hydrogens (tertiary/aromatic N) is 5. The Morgan fingerprint density at radius 2 is 1.84 bits per heavy atom. The van der Waals surface area contributed by atoms with Crippen molar-refractivity contribution in [2.45, 2.75) is 20.5 Å². The zero-order chi connectivity index (χ0) is 21.5. The van der Waals surface area contributed by atoms with Gasteiger partial charge in [0, 0.05) is 16.0 Å². The number of aliphatic imine (C=N–C) groups is 1. The number of nitriles is 1. The highest BCUT2D eigenvalue weighted by molar-refractivity contribution is 7.15. The van der Waals surface area contributed by atoms with Crippen molar-refractivity contribution in [1.29, 1.82) is 5.26 Å². The first-order valence-electron chi connectivity index (χ1n) is 9.71. The molecule has 0 saturated heterocycles. The molecule has 2 aromatic carbocycles. The number of aromatic nitrogens is 3. The second-order valence-electron chi connectivity index (χ2n) is 7.24. The van der Waals surface area contributed by atoms with Crippen molar-refractivity contribution in [3.63, 3.8) is 0 Å². The third-order valence-corrected chi connectivity index (χ3v) is 6.62. The number of aryl methyl sites for hydroxylation is 1. The molecule has 1 N–H and O–H groups in total. The Hall–Kier alpha value is -3.60. The van der Waals surface area contributed by atoms with Crippen molar-refractivity contribution in [3.8, 4) is 22.2 Å². The lowest BCUT2D eigenvalue weighted by Crippen LogP contribution is -2.08. The number of aliphatic hydroxyl groups excluding tert-OH is 1. The molecule has 3 heterocycles. The van der Waals surface area contributed by atoms with Gasteiger partial charge < -0.3 is 5.11 Å². The third-order valence-electron chi connectivity index (χ3n) is 5.43. The molecular formula is C24H17N5OS. The van der Waals surface area contributed by atoms with E-state index in [0.29, 0.717) is 17.2 Å². The van der Waals surface area contributed by atoms with Gasteiger partial charge in [-0.05, 0) is 42.7 Å². The fraction of sp³-hybridized carbons (Fsp3) is 0.125. The number of thiophene rings is 1. The molecule has 0 saturated carbocycles. The van der Waals surface area contributed by atoms with Crippen LogP contribution in [0.3, 0.4) is 0 Å². The minimum absolute atomic E-state index is 0.212. The molecule has 1 aliphatic rings. The van der Waals surface area contributed by atoms with E-state index in [1.807, 2.05) is 47.0 Å². The molecule has 7 heteroatoms. The number of rotatable bonds is 3. The van der Waals surface area contributed by atoms with Crippen LogP contribution in [0.25, 0.3) is 16.1 Å². The molecule has 0 fully saturated rings. The summed E-state index contributed by atoms with van der Waals surface area (Å²) in [5, 5.41) is 28.0. The molecule has 2 radical (unpaired) electrons. The molecular weight excluding hydrogens is 406 g/mol. The normalized spacial score (nSPS) is 12.5. The number of benzene rings is 2. The molecule has 5 rings (SSSR count). The number of fused-ring (bicyclic) bond motifs is 3. The van der Waals surface area contributed by atoms with Gasteiger partial charge in [-0.3, -0.25) is 9.56 Å². The summed E-state index contributed by atoms with van der Waals surface area (Å²) in [5.74, 6) is 0.945. The van der Waals surface area contributed by atoms with Gasteiger partial charge in [0.2, 0.25) is 0 Å². The van der Waals surface area contributed by atoms with Crippen LogP contribution in [0.1, 0.15) is 38.8 Å². The Morgan fingerprint density at radius 1 is 1.06 bits per heavy atom. The molecule has 6 nitrogen and oxygen atoms in total. The second kappa shape index (κ2) is 7.58. The number of hydrogen-bond acceptors (Lipinski definition) is 6. The Bertz CT molecular complexity index is 1370. The van der Waals surface area contributed by atoms with E-state index in [4.69, 9.17) is 5.26 Å². The molecule has 0 amide bonds. The highest BCUT2D eigenvalue weighted by Crippen LogP contribution is 2.36. The van der Waals surface area contributed by atoms with Crippen LogP contribution in [-0.2, 0) is 6.61 Å². The van der Waals surface area contributed by atoms with Crippen LogP contribution in [0, 0.1) is 31.7 Å². The zero-order valence-electron chi connectivity index (χ0n) is 16.9. The average molecular weight is 424 g/mol. The van der Waals surface area contributed by atoms with Crippen molar-refractivity contribution in [2.24, 2.45) is 4.99 Å². The molecule has 0 atom stereocenters. The van der Waals surface area contributed by atoms with Crippen molar-refractivity contribution in [1.82, 2.24) is 14.8 Å². The summed E-state index contributed by atoms with van der Waals surface area (Å²) in [5.41, 5.74) is 6.56. The highest BCUT2D eigenvalue weighted by atomic mass is 32.1. The van der Waals surface area contributed by atoms with Crippen molar-refractivity contribution < 1.29 is 5.11 Å². The first-order valence-corrected chi connectivity index (χ1v) is 10.5. The lowest BCUT2D eigenvalue weighted by molar-refractivity contribution is 0.269. The summed E-state index contributed by atoms with van der Waals surface area (Å²) in [6.45, 7) is 6.95. The second-order valence-corrected chi connectivity index (χ2v) is 8.44. The largest absolute Gasteiger partial charge is 0.388 e. The van der Waals surface area contributed by atoms with E-state index in [9.17, 15) is 5.11 Å². The predicted octanol–water partition coefficient (Wildman–Crippen LogP) is 4.21. The quantitative estimate of drug-likeness (QED) is 0.535. The van der Waals surface area contributed by atoms with Gasteiger partial charge in [0.25, 0.3) is 0 Å². The van der Waals surface area contributed by atoms with E-state index in [1.165, 1.54) is 4.88 Å². The Balaban J connectivity index is 1.61. The maximum atomic E-state index is 9.73. The molecule has 0 spiro atoms. The van der Waals surface area contributed by atoms with E-state index in [0.717, 1.165) is 38.5 Å². The molecule has 0 bridgehead atoms. The van der Waals surface area contributed by atoms with Crippen molar-refractivity contribution in [3.05, 3.63) is 93.9 Å². The summed E-state index contributed by atoms with van der Waals surface area (Å²) in [6.07, 6.45) is 0. The Labute approximate surface area is 183 Å². The van der Waals surface area contributed by atoms with Gasteiger partial charge in [0.1, 0.15) is 11.6 Å². The summed E-state index contributed by atoms with van der Waals surface area (Å²) in [7, 11) is 0. The molecule has 4 aromatic rings. The van der Waals surface area contributed by atoms with Gasteiger partial charge in [-0.15, -0.1) is 21.5 Å². The van der Waals surface area contributed by atoms with Crippen LogP contribution in [-0.4, -0.2) is 25.6 Å². The summed E-state index contributed by atoms with van der Waals surface area (Å²) >= 11 is 1.63. The average Bonchev–Trinajstić information content (AvgIpc) is 3.30. The molecule has 1 aliphatic heterocycles. The standard InChI is InChI=1S/C24H17N5OS/c1-14-15(2)31-24-22(14)23(26-12-20-27-28-21(13-30)29(20)24)18-8-6-17(7-9-18)19-5-3-4-16(10-19)11-25/h3-10,30H,13H2,1-2H3. The van der Waals surface area contributed by atoms with Gasteiger partial charge in [-0.25, -0.2) is 0 Å². The van der Waals surface area contributed by atoms with Gasteiger partial charge >= 0.3 is 0 Å². The van der Waals surface area contributed by atoms with E-state index in [-0.39, 0.29) is 6.61 Å². The molecule has 31 heavy (non-hydrogen) atoms. The predicted molar refractivity (Wildman–Crippen MR) is 119 cm³/mol. The molecule has 150 valence electrons. The van der Waals surface area contributed by atoms with E-state index in [1.54, 1.807) is 17.4 Å². The number of hydrogen-bond donors (Lipinski definition) is 1. The first kappa shape index (κ1) is 19.4. The topological polar surface area (TPSA) is 87.1 Å². The Kier molecular flexibility index (Phi) is 4.74. The molecule has 2 aromatic heterocycles. The summed E-state index contributed by atoms with van der Waals surface area (Å²) < 4.78 is 1.83. The fourth-order valence-corrected chi connectivity index (χ4v) is 4.89. The molecule has 0 aliphatic carbocycles. The van der Waals surface area contributed by atoms with Gasteiger partial charge in [0.05, 0.1) is 17.3 Å². The number of aliphatic hydroxyl groups is 1. The van der Waals surface area contributed by atoms with Gasteiger partial charge in [-0.2, -0.15) is 5.26 Å². The van der Waals surface area contributed by atoms with Crippen LogP contribution in [0.15, 0.2) is 53.5 Å². The summed E-state index contributed by atoms with van der Waals surface area (Å²) in [6, 6.07) is 17.9. The van der Waals surface area contributed by atoms with Crippen LogP contribution in [0.2, 0.25) is 0 Å². The van der Waals surface area contributed by atoms with Gasteiger partial charge in [0.15, 0.2) is 18.2 Å². The Morgan fingerprint density at radius 3 is 2.58 bits per heavy atom. The SMILES string of the molecule is Cc1sc2c(c1C)C(c1ccc(-c3cccc(C#N)c3)cc1)=N[C]c1nnc(CO)n1-2. The van der Waals surface area contributed by atoms with Crippen molar-refractivity contribution >= 4 is 17.0 Å². The smallest absolute Gasteiger partial charge is 0.192 e. The zero-order valence-corrected chi connectivity index (χ0v) is 17.7. The third kappa shape index (κ3) is 3.17. The van der Waals surface area contributed by atoms with Crippen LogP contribution in [0.5, 0.6) is 0 Å². The van der Waals surface area contributed by atoms with Gasteiger partial charge in [-0.1, -0.05) is 36.4 Å².